The number of pyridine rings is 1. The molecule has 142 valence electrons. The molecule has 0 bridgehead atoms. The fraction of sp³-hybridized carbons (Fsp3) is 0.143. The Balaban J connectivity index is 2.13. The van der Waals surface area contributed by atoms with Gasteiger partial charge in [0.1, 0.15) is 6.54 Å². The number of carboxylic acid groups (broad SMARTS) is 1. The third kappa shape index (κ3) is 3.34. The molecule has 0 unspecified atom stereocenters. The Bertz CT molecular complexity index is 1220. The zero-order chi connectivity index (χ0) is 19.8. The average Bonchev–Trinajstić information content (AvgIpc) is 2.93. The molecule has 7 heteroatoms. The number of fused-ring (bicyclic) bond motifs is 2. The molecule has 0 saturated heterocycles. The lowest BCUT2D eigenvalue weighted by Crippen LogP contribution is -2.11. The molecule has 4 nitrogen and oxygen atoms in total. The molecule has 28 heavy (non-hydrogen) atoms. The SMILES string of the molecule is CSCc1c(-c2ccnc3cc(Cl)ccc23)c2cc(Cl)ccc2n1CC(=O)O. The van der Waals surface area contributed by atoms with Crippen LogP contribution < -0.4 is 0 Å². The zero-order valence-electron chi connectivity index (χ0n) is 14.9. The first-order valence-corrected chi connectivity index (χ1v) is 10.7. The van der Waals surface area contributed by atoms with Gasteiger partial charge in [-0.2, -0.15) is 11.8 Å². The van der Waals surface area contributed by atoms with Gasteiger partial charge in [-0.25, -0.2) is 0 Å². The summed E-state index contributed by atoms with van der Waals surface area (Å²) >= 11 is 14.1. The molecule has 2 aromatic carbocycles. The van der Waals surface area contributed by atoms with Crippen molar-refractivity contribution >= 4 is 62.7 Å². The number of hydrogen-bond acceptors (Lipinski definition) is 3. The molecular weight excluding hydrogens is 415 g/mol. The standard InChI is InChI=1S/C21H16Cl2N2O2S/c1-28-11-19-21(15-6-7-24-17-9-13(23)2-4-14(15)17)16-8-12(22)3-5-18(16)25(19)10-20(26)27/h2-9H,10-11H2,1H3,(H,26,27). The zero-order valence-corrected chi connectivity index (χ0v) is 17.3. The summed E-state index contributed by atoms with van der Waals surface area (Å²) in [5.74, 6) is -0.209. The van der Waals surface area contributed by atoms with Gasteiger partial charge >= 0.3 is 5.97 Å². The Morgan fingerprint density at radius 3 is 2.61 bits per heavy atom. The second-order valence-corrected chi connectivity index (χ2v) is 8.15. The van der Waals surface area contributed by atoms with Gasteiger partial charge in [-0.05, 0) is 48.2 Å². The average molecular weight is 431 g/mol. The molecule has 4 aromatic rings. The smallest absolute Gasteiger partial charge is 0.323 e. The van der Waals surface area contributed by atoms with Crippen LogP contribution in [0, 0.1) is 0 Å². The maximum Gasteiger partial charge on any atom is 0.323 e. The second kappa shape index (κ2) is 7.66. The number of halogens is 2. The van der Waals surface area contributed by atoms with Gasteiger partial charge in [0, 0.05) is 49.5 Å². The van der Waals surface area contributed by atoms with Crippen molar-refractivity contribution in [3.8, 4) is 11.1 Å². The Morgan fingerprint density at radius 2 is 1.86 bits per heavy atom. The van der Waals surface area contributed by atoms with Crippen LogP contribution in [0.5, 0.6) is 0 Å². The minimum atomic E-state index is -0.882. The quantitative estimate of drug-likeness (QED) is 0.414. The number of nitrogens with zero attached hydrogens (tertiary/aromatic N) is 2. The third-order valence-corrected chi connectivity index (χ3v) is 5.71. The maximum atomic E-state index is 11.6. The normalized spacial score (nSPS) is 11.4. The van der Waals surface area contributed by atoms with Crippen molar-refractivity contribution in [3.05, 3.63) is 64.4 Å². The van der Waals surface area contributed by atoms with Gasteiger partial charge < -0.3 is 9.67 Å². The van der Waals surface area contributed by atoms with Crippen molar-refractivity contribution in [2.45, 2.75) is 12.3 Å². The van der Waals surface area contributed by atoms with E-state index in [0.717, 1.165) is 38.6 Å². The second-order valence-electron chi connectivity index (χ2n) is 6.42. The van der Waals surface area contributed by atoms with E-state index in [4.69, 9.17) is 23.2 Å². The fourth-order valence-electron chi connectivity index (χ4n) is 3.62. The molecule has 2 aromatic heterocycles. The van der Waals surface area contributed by atoms with Crippen LogP contribution in [-0.4, -0.2) is 26.9 Å². The monoisotopic (exact) mass is 430 g/mol. The van der Waals surface area contributed by atoms with E-state index in [9.17, 15) is 9.90 Å². The van der Waals surface area contributed by atoms with E-state index < -0.39 is 5.97 Å². The van der Waals surface area contributed by atoms with Crippen LogP contribution in [0.1, 0.15) is 5.69 Å². The Hall–Kier alpha value is -2.21. The lowest BCUT2D eigenvalue weighted by molar-refractivity contribution is -0.137. The first kappa shape index (κ1) is 19.1. The van der Waals surface area contributed by atoms with Crippen molar-refractivity contribution in [3.63, 3.8) is 0 Å². The van der Waals surface area contributed by atoms with Crippen LogP contribution in [0.25, 0.3) is 32.9 Å². The summed E-state index contributed by atoms with van der Waals surface area (Å²) in [6, 6.07) is 13.2. The van der Waals surface area contributed by atoms with E-state index >= 15 is 0 Å². The molecule has 0 amide bonds. The number of aromatic nitrogens is 2. The summed E-state index contributed by atoms with van der Waals surface area (Å²) in [7, 11) is 0. The lowest BCUT2D eigenvalue weighted by Gasteiger charge is -2.11. The Morgan fingerprint density at radius 1 is 1.11 bits per heavy atom. The number of thioether (sulfide) groups is 1. The van der Waals surface area contributed by atoms with Gasteiger partial charge in [0.05, 0.1) is 5.52 Å². The molecule has 0 saturated carbocycles. The lowest BCUT2D eigenvalue weighted by atomic mass is 9.98. The molecule has 0 atom stereocenters. The number of carboxylic acids is 1. The number of benzene rings is 2. The molecule has 0 aliphatic heterocycles. The van der Waals surface area contributed by atoms with E-state index in [1.165, 1.54) is 0 Å². The van der Waals surface area contributed by atoms with Gasteiger partial charge in [0.2, 0.25) is 0 Å². The maximum absolute atomic E-state index is 11.6. The van der Waals surface area contributed by atoms with Crippen LogP contribution in [0.4, 0.5) is 0 Å². The minimum absolute atomic E-state index is 0.108. The van der Waals surface area contributed by atoms with E-state index in [0.29, 0.717) is 15.8 Å². The summed E-state index contributed by atoms with van der Waals surface area (Å²) in [4.78, 5) is 16.0. The van der Waals surface area contributed by atoms with Crippen molar-refractivity contribution in [1.82, 2.24) is 9.55 Å². The van der Waals surface area contributed by atoms with E-state index in [1.807, 2.05) is 47.2 Å². The number of rotatable bonds is 5. The molecule has 0 aliphatic rings. The fourth-order valence-corrected chi connectivity index (χ4v) is 4.53. The molecule has 0 fully saturated rings. The molecule has 4 rings (SSSR count). The molecule has 1 N–H and O–H groups in total. The summed E-state index contributed by atoms with van der Waals surface area (Å²) < 4.78 is 1.86. The van der Waals surface area contributed by atoms with E-state index in [1.54, 1.807) is 24.0 Å². The van der Waals surface area contributed by atoms with Gasteiger partial charge in [-0.3, -0.25) is 9.78 Å². The Labute approximate surface area is 176 Å². The van der Waals surface area contributed by atoms with Crippen molar-refractivity contribution in [1.29, 1.82) is 0 Å². The van der Waals surface area contributed by atoms with Crippen LogP contribution in [0.2, 0.25) is 10.0 Å². The first-order chi connectivity index (χ1) is 13.5. The van der Waals surface area contributed by atoms with Gasteiger partial charge in [0.25, 0.3) is 0 Å². The summed E-state index contributed by atoms with van der Waals surface area (Å²) in [5, 5.41) is 12.6. The predicted molar refractivity (Wildman–Crippen MR) is 118 cm³/mol. The van der Waals surface area contributed by atoms with Crippen molar-refractivity contribution in [2.75, 3.05) is 6.26 Å². The number of aliphatic carboxylic acids is 1. The molecular formula is C21H16Cl2N2O2S. The predicted octanol–water partition coefficient (Wildman–Crippen LogP) is 6.11. The minimum Gasteiger partial charge on any atom is -0.480 e. The van der Waals surface area contributed by atoms with Crippen molar-refractivity contribution in [2.24, 2.45) is 0 Å². The summed E-state index contributed by atoms with van der Waals surface area (Å²) in [6.45, 7) is -0.108. The highest BCUT2D eigenvalue weighted by atomic mass is 35.5. The third-order valence-electron chi connectivity index (χ3n) is 4.68. The molecule has 0 aliphatic carbocycles. The van der Waals surface area contributed by atoms with E-state index in [2.05, 4.69) is 4.98 Å². The highest BCUT2D eigenvalue weighted by Gasteiger charge is 2.21. The van der Waals surface area contributed by atoms with Gasteiger partial charge in [-0.1, -0.05) is 29.3 Å². The number of carbonyl (C=O) groups is 1. The first-order valence-electron chi connectivity index (χ1n) is 8.55. The highest BCUT2D eigenvalue weighted by Crippen LogP contribution is 2.40. The summed E-state index contributed by atoms with van der Waals surface area (Å²) in [5.41, 5.74) is 4.57. The van der Waals surface area contributed by atoms with E-state index in [-0.39, 0.29) is 6.54 Å². The van der Waals surface area contributed by atoms with Crippen LogP contribution in [-0.2, 0) is 17.1 Å². The number of hydrogen-bond donors (Lipinski definition) is 1. The van der Waals surface area contributed by atoms with Crippen LogP contribution in [0.15, 0.2) is 48.7 Å². The van der Waals surface area contributed by atoms with Gasteiger partial charge in [0.15, 0.2) is 0 Å². The van der Waals surface area contributed by atoms with Crippen molar-refractivity contribution < 1.29 is 9.90 Å². The van der Waals surface area contributed by atoms with Crippen LogP contribution >= 0.6 is 35.0 Å². The highest BCUT2D eigenvalue weighted by molar-refractivity contribution is 7.97. The van der Waals surface area contributed by atoms with Crippen LogP contribution in [0.3, 0.4) is 0 Å². The Kier molecular flexibility index (Phi) is 5.23. The molecule has 0 spiro atoms. The molecule has 0 radical (unpaired) electrons. The van der Waals surface area contributed by atoms with Gasteiger partial charge in [-0.15, -0.1) is 0 Å². The summed E-state index contributed by atoms with van der Waals surface area (Å²) in [6.07, 6.45) is 3.76. The molecule has 2 heterocycles. The largest absolute Gasteiger partial charge is 0.480 e. The topological polar surface area (TPSA) is 55.1 Å².